The Morgan fingerprint density at radius 3 is 2.50 bits per heavy atom. The van der Waals surface area contributed by atoms with Gasteiger partial charge in [-0.2, -0.15) is 0 Å². The van der Waals surface area contributed by atoms with Crippen molar-refractivity contribution in [2.45, 2.75) is 39.2 Å². The first kappa shape index (κ1) is 20.4. The predicted molar refractivity (Wildman–Crippen MR) is 118 cm³/mol. The highest BCUT2D eigenvalue weighted by molar-refractivity contribution is 5.78. The number of piperazine rings is 1. The average molecular weight is 410 g/mol. The summed E-state index contributed by atoms with van der Waals surface area (Å²) in [6.45, 7) is 8.25. The molecule has 2 aromatic rings. The average Bonchev–Trinajstić information content (AvgIpc) is 2.78. The third-order valence-corrected chi connectivity index (χ3v) is 6.04. The fourth-order valence-electron chi connectivity index (χ4n) is 4.20. The van der Waals surface area contributed by atoms with Gasteiger partial charge in [-0.1, -0.05) is 12.1 Å². The lowest BCUT2D eigenvalue weighted by Crippen LogP contribution is -2.50. The summed E-state index contributed by atoms with van der Waals surface area (Å²) in [6, 6.07) is 12.4. The first-order valence-corrected chi connectivity index (χ1v) is 10.9. The molecule has 0 aliphatic carbocycles. The summed E-state index contributed by atoms with van der Waals surface area (Å²) in [5.74, 6) is 2.61. The molecule has 160 valence electrons. The standard InChI is InChI=1S/C23H31N5O2/c1-18-6-5-8-20(16-18)30-17-23(29)27-14-12-26(13-15-27)21-9-10-22(25-24-21)28-11-4-3-7-19(28)2/h5-6,8-10,16,19H,3-4,7,11-15,17H2,1-2H3. The molecule has 0 N–H and O–H groups in total. The maximum Gasteiger partial charge on any atom is 0.260 e. The SMILES string of the molecule is Cc1cccc(OCC(=O)N2CCN(c3ccc(N4CCCCC4C)nn3)CC2)c1. The van der Waals surface area contributed by atoms with Gasteiger partial charge in [0.05, 0.1) is 0 Å². The number of piperidine rings is 1. The van der Waals surface area contributed by atoms with Gasteiger partial charge in [0, 0.05) is 38.8 Å². The van der Waals surface area contributed by atoms with Crippen molar-refractivity contribution in [1.29, 1.82) is 0 Å². The smallest absolute Gasteiger partial charge is 0.260 e. The monoisotopic (exact) mass is 409 g/mol. The van der Waals surface area contributed by atoms with E-state index in [2.05, 4.69) is 39.1 Å². The summed E-state index contributed by atoms with van der Waals surface area (Å²) < 4.78 is 5.66. The lowest BCUT2D eigenvalue weighted by atomic mass is 10.0. The molecule has 1 aromatic heterocycles. The van der Waals surface area contributed by atoms with E-state index in [1.165, 1.54) is 19.3 Å². The molecule has 0 bridgehead atoms. The summed E-state index contributed by atoms with van der Waals surface area (Å²) in [5, 5.41) is 8.96. The van der Waals surface area contributed by atoms with Crippen LogP contribution in [0.5, 0.6) is 5.75 Å². The molecule has 1 unspecified atom stereocenters. The van der Waals surface area contributed by atoms with E-state index in [9.17, 15) is 4.79 Å². The highest BCUT2D eigenvalue weighted by Crippen LogP contribution is 2.23. The highest BCUT2D eigenvalue weighted by Gasteiger charge is 2.24. The summed E-state index contributed by atoms with van der Waals surface area (Å²) in [4.78, 5) is 18.9. The van der Waals surface area contributed by atoms with Gasteiger partial charge in [0.1, 0.15) is 5.75 Å². The summed E-state index contributed by atoms with van der Waals surface area (Å²) in [5.41, 5.74) is 1.12. The lowest BCUT2D eigenvalue weighted by Gasteiger charge is -2.36. The van der Waals surface area contributed by atoms with Crippen LogP contribution < -0.4 is 14.5 Å². The number of anilines is 2. The van der Waals surface area contributed by atoms with Gasteiger partial charge < -0.3 is 19.4 Å². The number of rotatable bonds is 5. The second-order valence-electron chi connectivity index (χ2n) is 8.26. The number of amides is 1. The highest BCUT2D eigenvalue weighted by atomic mass is 16.5. The lowest BCUT2D eigenvalue weighted by molar-refractivity contribution is -0.133. The van der Waals surface area contributed by atoms with Gasteiger partial charge in [0.2, 0.25) is 0 Å². The van der Waals surface area contributed by atoms with Crippen LogP contribution in [0.3, 0.4) is 0 Å². The van der Waals surface area contributed by atoms with Crippen LogP contribution in [0.25, 0.3) is 0 Å². The molecular weight excluding hydrogens is 378 g/mol. The molecular formula is C23H31N5O2. The summed E-state index contributed by atoms with van der Waals surface area (Å²) >= 11 is 0. The number of carbonyl (C=O) groups is 1. The van der Waals surface area contributed by atoms with Gasteiger partial charge in [-0.25, -0.2) is 0 Å². The number of hydrogen-bond acceptors (Lipinski definition) is 6. The number of hydrogen-bond donors (Lipinski definition) is 0. The summed E-state index contributed by atoms with van der Waals surface area (Å²) in [6.07, 6.45) is 3.73. The Morgan fingerprint density at radius 1 is 1.03 bits per heavy atom. The Labute approximate surface area is 178 Å². The molecule has 1 aromatic carbocycles. The predicted octanol–water partition coefficient (Wildman–Crippen LogP) is 2.89. The van der Waals surface area contributed by atoms with Crippen LogP contribution in [0, 0.1) is 6.92 Å². The topological polar surface area (TPSA) is 61.8 Å². The van der Waals surface area contributed by atoms with Crippen molar-refractivity contribution in [1.82, 2.24) is 15.1 Å². The van der Waals surface area contributed by atoms with Crippen molar-refractivity contribution in [3.8, 4) is 5.75 Å². The number of carbonyl (C=O) groups excluding carboxylic acids is 1. The zero-order valence-corrected chi connectivity index (χ0v) is 18.0. The van der Waals surface area contributed by atoms with E-state index in [1.807, 2.05) is 36.1 Å². The van der Waals surface area contributed by atoms with E-state index in [0.29, 0.717) is 19.1 Å². The van der Waals surface area contributed by atoms with Crippen molar-refractivity contribution in [2.24, 2.45) is 0 Å². The molecule has 7 heteroatoms. The van der Waals surface area contributed by atoms with Crippen LogP contribution in [0.15, 0.2) is 36.4 Å². The molecule has 3 heterocycles. The number of benzene rings is 1. The molecule has 1 amide bonds. The molecule has 2 saturated heterocycles. The quantitative estimate of drug-likeness (QED) is 0.757. The third-order valence-electron chi connectivity index (χ3n) is 6.04. The Kier molecular flexibility index (Phi) is 6.35. The van der Waals surface area contributed by atoms with E-state index in [-0.39, 0.29) is 12.5 Å². The van der Waals surface area contributed by atoms with Crippen LogP contribution in [-0.2, 0) is 4.79 Å². The Hall–Kier alpha value is -2.83. The maximum atomic E-state index is 12.5. The number of ether oxygens (including phenoxy) is 1. The molecule has 30 heavy (non-hydrogen) atoms. The Morgan fingerprint density at radius 2 is 1.80 bits per heavy atom. The van der Waals surface area contributed by atoms with E-state index < -0.39 is 0 Å². The van der Waals surface area contributed by atoms with Crippen molar-refractivity contribution >= 4 is 17.5 Å². The molecule has 0 spiro atoms. The minimum Gasteiger partial charge on any atom is -0.484 e. The molecule has 1 atom stereocenters. The normalized spacial score (nSPS) is 19.7. The van der Waals surface area contributed by atoms with Crippen LogP contribution >= 0.6 is 0 Å². The summed E-state index contributed by atoms with van der Waals surface area (Å²) in [7, 11) is 0. The van der Waals surface area contributed by atoms with Crippen LogP contribution in [0.2, 0.25) is 0 Å². The number of aryl methyl sites for hydroxylation is 1. The fraction of sp³-hybridized carbons (Fsp3) is 0.522. The Balaban J connectivity index is 1.27. The van der Waals surface area contributed by atoms with Gasteiger partial charge in [0.25, 0.3) is 5.91 Å². The molecule has 0 radical (unpaired) electrons. The zero-order chi connectivity index (χ0) is 20.9. The third kappa shape index (κ3) is 4.83. The van der Waals surface area contributed by atoms with Crippen LogP contribution in [-0.4, -0.2) is 66.4 Å². The first-order valence-electron chi connectivity index (χ1n) is 10.9. The largest absolute Gasteiger partial charge is 0.484 e. The fourth-order valence-corrected chi connectivity index (χ4v) is 4.20. The van der Waals surface area contributed by atoms with Gasteiger partial charge in [-0.05, 0) is 62.9 Å². The van der Waals surface area contributed by atoms with Crippen LogP contribution in [0.1, 0.15) is 31.7 Å². The van der Waals surface area contributed by atoms with Gasteiger partial charge in [-0.3, -0.25) is 4.79 Å². The van der Waals surface area contributed by atoms with Gasteiger partial charge >= 0.3 is 0 Å². The minimum atomic E-state index is 0.0247. The number of nitrogens with zero attached hydrogens (tertiary/aromatic N) is 5. The molecule has 7 nitrogen and oxygen atoms in total. The molecule has 0 saturated carbocycles. The van der Waals surface area contributed by atoms with E-state index >= 15 is 0 Å². The Bertz CT molecular complexity index is 849. The molecule has 2 fully saturated rings. The maximum absolute atomic E-state index is 12.5. The van der Waals surface area contributed by atoms with Crippen LogP contribution in [0.4, 0.5) is 11.6 Å². The van der Waals surface area contributed by atoms with Gasteiger partial charge in [0.15, 0.2) is 18.2 Å². The van der Waals surface area contributed by atoms with Gasteiger partial charge in [-0.15, -0.1) is 10.2 Å². The van der Waals surface area contributed by atoms with Crippen molar-refractivity contribution in [3.63, 3.8) is 0 Å². The van der Waals surface area contributed by atoms with E-state index in [1.54, 1.807) is 0 Å². The van der Waals surface area contributed by atoms with Crippen molar-refractivity contribution < 1.29 is 9.53 Å². The molecule has 4 rings (SSSR count). The first-order chi connectivity index (χ1) is 14.6. The van der Waals surface area contributed by atoms with E-state index in [0.717, 1.165) is 42.6 Å². The molecule has 2 aliphatic rings. The second-order valence-corrected chi connectivity index (χ2v) is 8.26. The minimum absolute atomic E-state index is 0.0247. The van der Waals surface area contributed by atoms with Crippen molar-refractivity contribution in [3.05, 3.63) is 42.0 Å². The second kappa shape index (κ2) is 9.32. The van der Waals surface area contributed by atoms with Crippen molar-refractivity contribution in [2.75, 3.05) is 49.1 Å². The zero-order valence-electron chi connectivity index (χ0n) is 18.0. The number of aromatic nitrogens is 2. The van der Waals surface area contributed by atoms with E-state index in [4.69, 9.17) is 4.74 Å². The molecule has 2 aliphatic heterocycles.